The van der Waals surface area contributed by atoms with Crippen LogP contribution < -0.4 is 5.32 Å². The highest BCUT2D eigenvalue weighted by Crippen LogP contribution is 2.26. The molecule has 0 radical (unpaired) electrons. The number of nitrogens with one attached hydrogen (secondary N) is 1. The second-order valence-corrected chi connectivity index (χ2v) is 4.04. The molecule has 0 saturated carbocycles. The van der Waals surface area contributed by atoms with Crippen LogP contribution in [-0.4, -0.2) is 21.3 Å². The van der Waals surface area contributed by atoms with E-state index in [9.17, 15) is 8.78 Å². The van der Waals surface area contributed by atoms with E-state index >= 15 is 0 Å². The van der Waals surface area contributed by atoms with E-state index in [1.807, 2.05) is 13.8 Å². The van der Waals surface area contributed by atoms with Gasteiger partial charge >= 0.3 is 0 Å². The first-order chi connectivity index (χ1) is 7.11. The van der Waals surface area contributed by atoms with Crippen molar-refractivity contribution in [2.24, 2.45) is 5.92 Å². The number of alkyl halides is 2. The van der Waals surface area contributed by atoms with Crippen LogP contribution >= 0.6 is 0 Å². The molecule has 1 unspecified atom stereocenters. The van der Waals surface area contributed by atoms with Gasteiger partial charge in [-0.05, 0) is 5.92 Å². The Bertz CT molecular complexity index is 348. The van der Waals surface area contributed by atoms with Crippen molar-refractivity contribution < 1.29 is 8.78 Å². The van der Waals surface area contributed by atoms with E-state index in [1.165, 1.54) is 4.57 Å². The van der Waals surface area contributed by atoms with Gasteiger partial charge in [0.05, 0.1) is 6.04 Å². The summed E-state index contributed by atoms with van der Waals surface area (Å²) in [4.78, 5) is 0. The molecular formula is C9H14F2N4. The zero-order valence-electron chi connectivity index (χ0n) is 8.74. The van der Waals surface area contributed by atoms with Crippen molar-refractivity contribution in [1.82, 2.24) is 20.1 Å². The van der Waals surface area contributed by atoms with Crippen LogP contribution in [0.15, 0.2) is 0 Å². The highest BCUT2D eigenvalue weighted by atomic mass is 19.3. The average Bonchev–Trinajstić information content (AvgIpc) is 2.59. The third-order valence-corrected chi connectivity index (χ3v) is 2.65. The molecule has 1 aromatic heterocycles. The summed E-state index contributed by atoms with van der Waals surface area (Å²) < 4.78 is 26.7. The van der Waals surface area contributed by atoms with Crippen molar-refractivity contribution >= 4 is 0 Å². The molecule has 6 heteroatoms. The minimum atomic E-state index is -2.54. The third kappa shape index (κ3) is 1.73. The maximum atomic E-state index is 12.6. The largest absolute Gasteiger partial charge is 0.308 e. The van der Waals surface area contributed by atoms with Crippen LogP contribution in [0.2, 0.25) is 0 Å². The molecule has 0 aromatic carbocycles. The number of rotatable bonds is 2. The van der Waals surface area contributed by atoms with Gasteiger partial charge in [0.2, 0.25) is 0 Å². The normalized spacial score (nSPS) is 21.1. The molecule has 2 heterocycles. The molecule has 0 spiro atoms. The summed E-state index contributed by atoms with van der Waals surface area (Å²) in [6.07, 6.45) is -2.54. The Hall–Kier alpha value is -1.04. The van der Waals surface area contributed by atoms with Crippen molar-refractivity contribution in [2.45, 2.75) is 32.9 Å². The third-order valence-electron chi connectivity index (χ3n) is 2.65. The number of fused-ring (bicyclic) bond motifs is 1. The second kappa shape index (κ2) is 3.84. The van der Waals surface area contributed by atoms with Gasteiger partial charge in [0, 0.05) is 13.1 Å². The molecule has 0 amide bonds. The Kier molecular flexibility index (Phi) is 2.68. The topological polar surface area (TPSA) is 42.7 Å². The van der Waals surface area contributed by atoms with Gasteiger partial charge < -0.3 is 9.88 Å². The monoisotopic (exact) mass is 216 g/mol. The number of hydrogen-bond donors (Lipinski definition) is 1. The maximum absolute atomic E-state index is 12.6. The van der Waals surface area contributed by atoms with Crippen LogP contribution in [0.4, 0.5) is 8.78 Å². The summed E-state index contributed by atoms with van der Waals surface area (Å²) in [5.74, 6) is 0.738. The van der Waals surface area contributed by atoms with Crippen LogP contribution in [0.5, 0.6) is 0 Å². The maximum Gasteiger partial charge on any atom is 0.297 e. The Morgan fingerprint density at radius 2 is 2.13 bits per heavy atom. The molecular weight excluding hydrogens is 202 g/mol. The van der Waals surface area contributed by atoms with E-state index in [1.54, 1.807) is 0 Å². The van der Waals surface area contributed by atoms with E-state index in [-0.39, 0.29) is 11.9 Å². The summed E-state index contributed by atoms with van der Waals surface area (Å²) in [5.41, 5.74) is 0. The lowest BCUT2D eigenvalue weighted by molar-refractivity contribution is 0.132. The molecule has 15 heavy (non-hydrogen) atoms. The zero-order chi connectivity index (χ0) is 11.0. The summed E-state index contributed by atoms with van der Waals surface area (Å²) in [5, 5.41) is 10.7. The molecule has 84 valence electrons. The lowest BCUT2D eigenvalue weighted by Gasteiger charge is -2.27. The van der Waals surface area contributed by atoms with Crippen molar-refractivity contribution in [1.29, 1.82) is 0 Å². The summed E-state index contributed by atoms with van der Waals surface area (Å²) in [6, 6.07) is 0.0266. The van der Waals surface area contributed by atoms with Crippen LogP contribution in [0.25, 0.3) is 0 Å². The average molecular weight is 216 g/mol. The number of nitrogens with zero attached hydrogens (tertiary/aromatic N) is 3. The van der Waals surface area contributed by atoms with Crippen LogP contribution in [0.1, 0.15) is 38.0 Å². The number of halogens is 2. The predicted molar refractivity (Wildman–Crippen MR) is 50.6 cm³/mol. The Morgan fingerprint density at radius 1 is 1.40 bits per heavy atom. The van der Waals surface area contributed by atoms with Crippen molar-refractivity contribution in [2.75, 3.05) is 6.54 Å². The summed E-state index contributed by atoms with van der Waals surface area (Å²) >= 11 is 0. The van der Waals surface area contributed by atoms with E-state index in [4.69, 9.17) is 0 Å². The fourth-order valence-corrected chi connectivity index (χ4v) is 1.91. The first-order valence-corrected chi connectivity index (χ1v) is 5.05. The van der Waals surface area contributed by atoms with Gasteiger partial charge in [0.1, 0.15) is 0 Å². The number of aromatic nitrogens is 3. The minimum absolute atomic E-state index is 0.0266. The van der Waals surface area contributed by atoms with Gasteiger partial charge in [-0.25, -0.2) is 8.78 Å². The molecule has 1 aromatic rings. The highest BCUT2D eigenvalue weighted by molar-refractivity contribution is 5.06. The van der Waals surface area contributed by atoms with E-state index in [0.717, 1.165) is 0 Å². The highest BCUT2D eigenvalue weighted by Gasteiger charge is 2.29. The van der Waals surface area contributed by atoms with Gasteiger partial charge in [-0.1, -0.05) is 13.8 Å². The van der Waals surface area contributed by atoms with Crippen LogP contribution in [0, 0.1) is 5.92 Å². The molecule has 1 aliphatic rings. The SMILES string of the molecule is CC(C)C1NCCn2c(C(F)F)nnc21. The van der Waals surface area contributed by atoms with E-state index in [0.29, 0.717) is 24.8 Å². The van der Waals surface area contributed by atoms with Crippen molar-refractivity contribution in [3.63, 3.8) is 0 Å². The van der Waals surface area contributed by atoms with Crippen LogP contribution in [0.3, 0.4) is 0 Å². The Balaban J connectivity index is 2.38. The molecule has 1 aliphatic heterocycles. The predicted octanol–water partition coefficient (Wildman–Crippen LogP) is 1.52. The molecule has 0 bridgehead atoms. The lowest BCUT2D eigenvalue weighted by Crippen LogP contribution is -2.37. The van der Waals surface area contributed by atoms with Crippen molar-refractivity contribution in [3.8, 4) is 0 Å². The first-order valence-electron chi connectivity index (χ1n) is 5.05. The molecule has 0 saturated heterocycles. The Labute approximate surface area is 86.7 Å². The lowest BCUT2D eigenvalue weighted by atomic mass is 10.0. The van der Waals surface area contributed by atoms with Crippen LogP contribution in [-0.2, 0) is 6.54 Å². The molecule has 0 fully saturated rings. The quantitative estimate of drug-likeness (QED) is 0.815. The minimum Gasteiger partial charge on any atom is -0.308 e. The van der Waals surface area contributed by atoms with Gasteiger partial charge in [-0.3, -0.25) is 0 Å². The molecule has 2 rings (SSSR count). The second-order valence-electron chi connectivity index (χ2n) is 4.04. The molecule has 1 atom stereocenters. The fourth-order valence-electron chi connectivity index (χ4n) is 1.91. The first kappa shape index (κ1) is 10.5. The fraction of sp³-hybridized carbons (Fsp3) is 0.778. The van der Waals surface area contributed by atoms with Gasteiger partial charge in [-0.15, -0.1) is 10.2 Å². The molecule has 1 N–H and O–H groups in total. The standard InChI is InChI=1S/C9H14F2N4/c1-5(2)6-8-13-14-9(7(10)11)15(8)4-3-12-6/h5-7,12H,3-4H2,1-2H3. The Morgan fingerprint density at radius 3 is 2.73 bits per heavy atom. The van der Waals surface area contributed by atoms with E-state index < -0.39 is 6.43 Å². The molecule has 4 nitrogen and oxygen atoms in total. The molecule has 0 aliphatic carbocycles. The van der Waals surface area contributed by atoms with E-state index in [2.05, 4.69) is 15.5 Å². The van der Waals surface area contributed by atoms with Gasteiger partial charge in [-0.2, -0.15) is 0 Å². The summed E-state index contributed by atoms with van der Waals surface area (Å²) in [7, 11) is 0. The van der Waals surface area contributed by atoms with Gasteiger partial charge in [0.25, 0.3) is 6.43 Å². The number of hydrogen-bond acceptors (Lipinski definition) is 3. The smallest absolute Gasteiger partial charge is 0.297 e. The van der Waals surface area contributed by atoms with Crippen molar-refractivity contribution in [3.05, 3.63) is 11.6 Å². The zero-order valence-corrected chi connectivity index (χ0v) is 8.74. The van der Waals surface area contributed by atoms with Gasteiger partial charge in [0.15, 0.2) is 11.6 Å². The summed E-state index contributed by atoms with van der Waals surface area (Å²) in [6.45, 7) is 5.27.